The Morgan fingerprint density at radius 2 is 2.14 bits per heavy atom. The van der Waals surface area contributed by atoms with Gasteiger partial charge >= 0.3 is 0 Å². The fraction of sp³-hybridized carbons (Fsp3) is 0.647. The highest BCUT2D eigenvalue weighted by molar-refractivity contribution is 9.10. The molecule has 1 aromatic carbocycles. The van der Waals surface area contributed by atoms with E-state index in [1.54, 1.807) is 6.07 Å². The Bertz CT molecular complexity index is 488. The Labute approximate surface area is 135 Å². The molecular weight excluding hydrogens is 331 g/mol. The first kappa shape index (κ1) is 15.4. The maximum absolute atomic E-state index is 14.3. The fourth-order valence-corrected chi connectivity index (χ4v) is 4.28. The van der Waals surface area contributed by atoms with Crippen molar-refractivity contribution in [3.05, 3.63) is 34.1 Å². The van der Waals surface area contributed by atoms with Crippen LogP contribution in [0.15, 0.2) is 22.7 Å². The zero-order chi connectivity index (χ0) is 14.8. The molecule has 2 fully saturated rings. The molecule has 0 saturated carbocycles. The molecule has 116 valence electrons. The summed E-state index contributed by atoms with van der Waals surface area (Å²) in [6, 6.07) is 6.74. The van der Waals surface area contributed by atoms with Crippen molar-refractivity contribution in [2.24, 2.45) is 0 Å². The SMILES string of the molecule is CC(c1ccc(Br)cc1F)N1CCCCC1C1CCCN1. The molecule has 0 bridgehead atoms. The van der Waals surface area contributed by atoms with Gasteiger partial charge in [0.15, 0.2) is 0 Å². The first-order valence-electron chi connectivity index (χ1n) is 8.11. The van der Waals surface area contributed by atoms with E-state index in [0.717, 1.165) is 23.1 Å². The lowest BCUT2D eigenvalue weighted by molar-refractivity contribution is 0.0787. The van der Waals surface area contributed by atoms with Crippen LogP contribution in [0, 0.1) is 5.82 Å². The number of nitrogens with zero attached hydrogens (tertiary/aromatic N) is 1. The van der Waals surface area contributed by atoms with E-state index in [0.29, 0.717) is 12.1 Å². The number of rotatable bonds is 3. The quantitative estimate of drug-likeness (QED) is 0.872. The Morgan fingerprint density at radius 1 is 1.29 bits per heavy atom. The third-order valence-electron chi connectivity index (χ3n) is 5.07. The van der Waals surface area contributed by atoms with Gasteiger partial charge in [-0.1, -0.05) is 28.4 Å². The summed E-state index contributed by atoms with van der Waals surface area (Å²) >= 11 is 3.34. The van der Waals surface area contributed by atoms with Crippen molar-refractivity contribution in [2.45, 2.75) is 57.2 Å². The third-order valence-corrected chi connectivity index (χ3v) is 5.56. The molecule has 3 rings (SSSR count). The second-order valence-corrected chi connectivity index (χ2v) is 7.26. The molecule has 3 unspecified atom stereocenters. The van der Waals surface area contributed by atoms with E-state index in [1.165, 1.54) is 32.1 Å². The molecule has 21 heavy (non-hydrogen) atoms. The molecule has 0 aliphatic carbocycles. The van der Waals surface area contributed by atoms with Gasteiger partial charge in [0.1, 0.15) is 5.82 Å². The normalized spacial score (nSPS) is 28.7. The average molecular weight is 355 g/mol. The van der Waals surface area contributed by atoms with Crippen LogP contribution in [-0.2, 0) is 0 Å². The van der Waals surface area contributed by atoms with Gasteiger partial charge < -0.3 is 5.32 Å². The number of halogens is 2. The van der Waals surface area contributed by atoms with Gasteiger partial charge in [-0.25, -0.2) is 4.39 Å². The topological polar surface area (TPSA) is 15.3 Å². The molecule has 2 heterocycles. The maximum Gasteiger partial charge on any atom is 0.129 e. The zero-order valence-electron chi connectivity index (χ0n) is 12.6. The molecule has 0 aromatic heterocycles. The van der Waals surface area contributed by atoms with Crippen molar-refractivity contribution in [3.63, 3.8) is 0 Å². The summed E-state index contributed by atoms with van der Waals surface area (Å²) in [4.78, 5) is 2.53. The van der Waals surface area contributed by atoms with Crippen molar-refractivity contribution < 1.29 is 4.39 Å². The van der Waals surface area contributed by atoms with Crippen LogP contribution in [0.3, 0.4) is 0 Å². The largest absolute Gasteiger partial charge is 0.312 e. The van der Waals surface area contributed by atoms with Gasteiger partial charge in [0.05, 0.1) is 0 Å². The van der Waals surface area contributed by atoms with Crippen LogP contribution in [0.1, 0.15) is 50.6 Å². The number of benzene rings is 1. The number of piperidine rings is 1. The average Bonchev–Trinajstić information content (AvgIpc) is 3.01. The molecule has 2 nitrogen and oxygen atoms in total. The van der Waals surface area contributed by atoms with Gasteiger partial charge in [-0.15, -0.1) is 0 Å². The summed E-state index contributed by atoms with van der Waals surface area (Å²) < 4.78 is 15.1. The minimum Gasteiger partial charge on any atom is -0.312 e. The van der Waals surface area contributed by atoms with E-state index in [4.69, 9.17) is 0 Å². The van der Waals surface area contributed by atoms with Crippen LogP contribution in [0.2, 0.25) is 0 Å². The highest BCUT2D eigenvalue weighted by Gasteiger charge is 2.34. The lowest BCUT2D eigenvalue weighted by Crippen LogP contribution is -2.51. The maximum atomic E-state index is 14.3. The van der Waals surface area contributed by atoms with Crippen molar-refractivity contribution in [1.29, 1.82) is 0 Å². The molecule has 4 heteroatoms. The molecule has 3 atom stereocenters. The van der Waals surface area contributed by atoms with Crippen LogP contribution in [-0.4, -0.2) is 30.1 Å². The Hall–Kier alpha value is -0.450. The smallest absolute Gasteiger partial charge is 0.129 e. The van der Waals surface area contributed by atoms with Gasteiger partial charge in [-0.2, -0.15) is 0 Å². The predicted molar refractivity (Wildman–Crippen MR) is 87.9 cm³/mol. The molecule has 2 aliphatic heterocycles. The van der Waals surface area contributed by atoms with E-state index in [9.17, 15) is 4.39 Å². The minimum atomic E-state index is -0.0967. The number of hydrogen-bond donors (Lipinski definition) is 1. The summed E-state index contributed by atoms with van der Waals surface area (Å²) in [5.41, 5.74) is 0.822. The Balaban J connectivity index is 1.81. The predicted octanol–water partition coefficient (Wildman–Crippen LogP) is 4.26. The van der Waals surface area contributed by atoms with Crippen LogP contribution in [0.4, 0.5) is 4.39 Å². The van der Waals surface area contributed by atoms with Crippen molar-refractivity contribution in [1.82, 2.24) is 10.2 Å². The highest BCUT2D eigenvalue weighted by atomic mass is 79.9. The molecule has 1 N–H and O–H groups in total. The van der Waals surface area contributed by atoms with E-state index in [-0.39, 0.29) is 11.9 Å². The van der Waals surface area contributed by atoms with Crippen LogP contribution in [0.5, 0.6) is 0 Å². The summed E-state index contributed by atoms with van der Waals surface area (Å²) in [6.45, 7) is 4.37. The Morgan fingerprint density at radius 3 is 2.86 bits per heavy atom. The lowest BCUT2D eigenvalue weighted by atomic mass is 9.91. The first-order valence-corrected chi connectivity index (χ1v) is 8.90. The Kier molecular flexibility index (Phi) is 4.97. The van der Waals surface area contributed by atoms with E-state index in [1.807, 2.05) is 12.1 Å². The van der Waals surface area contributed by atoms with Gasteiger partial charge in [0.25, 0.3) is 0 Å². The fourth-order valence-electron chi connectivity index (χ4n) is 3.95. The second-order valence-electron chi connectivity index (χ2n) is 6.35. The van der Waals surface area contributed by atoms with Crippen molar-refractivity contribution in [2.75, 3.05) is 13.1 Å². The molecule has 0 radical (unpaired) electrons. The summed E-state index contributed by atoms with van der Waals surface area (Å²) in [5, 5.41) is 3.64. The second kappa shape index (κ2) is 6.76. The monoisotopic (exact) mass is 354 g/mol. The number of hydrogen-bond acceptors (Lipinski definition) is 2. The first-order chi connectivity index (χ1) is 10.2. The van der Waals surface area contributed by atoms with E-state index in [2.05, 4.69) is 33.1 Å². The molecule has 2 aliphatic rings. The van der Waals surface area contributed by atoms with E-state index < -0.39 is 0 Å². The third kappa shape index (κ3) is 3.33. The summed E-state index contributed by atoms with van der Waals surface area (Å²) in [7, 11) is 0. The van der Waals surface area contributed by atoms with Gasteiger partial charge in [-0.3, -0.25) is 4.90 Å². The van der Waals surface area contributed by atoms with Crippen molar-refractivity contribution in [3.8, 4) is 0 Å². The zero-order valence-corrected chi connectivity index (χ0v) is 14.2. The molecule has 0 amide bonds. The van der Waals surface area contributed by atoms with Crippen molar-refractivity contribution >= 4 is 15.9 Å². The standard InChI is InChI=1S/C17H24BrFN2/c1-12(14-8-7-13(18)11-15(14)19)21-10-3-2-6-17(21)16-5-4-9-20-16/h7-8,11-12,16-17,20H,2-6,9-10H2,1H3. The number of likely N-dealkylation sites (tertiary alicyclic amines) is 1. The van der Waals surface area contributed by atoms with Crippen LogP contribution in [0.25, 0.3) is 0 Å². The summed E-state index contributed by atoms with van der Waals surface area (Å²) in [5.74, 6) is -0.0967. The molecule has 0 spiro atoms. The van der Waals surface area contributed by atoms with Crippen LogP contribution >= 0.6 is 15.9 Å². The lowest BCUT2D eigenvalue weighted by Gasteiger charge is -2.43. The van der Waals surface area contributed by atoms with Crippen LogP contribution < -0.4 is 5.32 Å². The highest BCUT2D eigenvalue weighted by Crippen LogP contribution is 2.33. The molecule has 2 saturated heterocycles. The van der Waals surface area contributed by atoms with Gasteiger partial charge in [0.2, 0.25) is 0 Å². The van der Waals surface area contributed by atoms with Gasteiger partial charge in [0, 0.05) is 28.2 Å². The van der Waals surface area contributed by atoms with Gasteiger partial charge in [-0.05, 0) is 57.8 Å². The number of nitrogens with one attached hydrogen (secondary N) is 1. The van der Waals surface area contributed by atoms with E-state index >= 15 is 0 Å². The summed E-state index contributed by atoms with van der Waals surface area (Å²) in [6.07, 6.45) is 6.30. The molecule has 1 aromatic rings. The molecular formula is C17H24BrFN2. The minimum absolute atomic E-state index is 0.0967.